The smallest absolute Gasteiger partial charge is 0.00525 e. The normalized spacial score (nSPS) is 17.2. The van der Waals surface area contributed by atoms with E-state index in [1.165, 1.54) is 12.0 Å². The highest BCUT2D eigenvalue weighted by Gasteiger charge is 2.38. The fraction of sp³-hybridized carbons (Fsp3) is 0.667. The summed E-state index contributed by atoms with van der Waals surface area (Å²) in [6.07, 6.45) is 7.82. The highest BCUT2D eigenvalue weighted by molar-refractivity contribution is 5.40. The Labute approximate surface area is 76.4 Å². The molecule has 0 heterocycles. The molecule has 12 heavy (non-hydrogen) atoms. The van der Waals surface area contributed by atoms with E-state index in [-0.39, 0.29) is 0 Å². The maximum absolute atomic E-state index is 2.35. The minimum atomic E-state index is 0.316. The van der Waals surface area contributed by atoms with Gasteiger partial charge in [-0.3, -0.25) is 0 Å². The van der Waals surface area contributed by atoms with Crippen LogP contribution in [0.5, 0.6) is 0 Å². The molecule has 0 aromatic heterocycles. The van der Waals surface area contributed by atoms with Gasteiger partial charge < -0.3 is 0 Å². The molecular formula is C12H20. The van der Waals surface area contributed by atoms with Gasteiger partial charge in [0.2, 0.25) is 0 Å². The van der Waals surface area contributed by atoms with Crippen LogP contribution < -0.4 is 0 Å². The second-order valence-corrected chi connectivity index (χ2v) is 4.84. The van der Waals surface area contributed by atoms with E-state index in [4.69, 9.17) is 0 Å². The van der Waals surface area contributed by atoms with Gasteiger partial charge in [-0.1, -0.05) is 59.3 Å². The van der Waals surface area contributed by atoms with Crippen molar-refractivity contribution in [2.45, 2.75) is 41.0 Å². The van der Waals surface area contributed by atoms with Crippen LogP contribution in [-0.2, 0) is 0 Å². The minimum absolute atomic E-state index is 0.316. The number of hydrogen-bond donors (Lipinski definition) is 0. The Morgan fingerprint density at radius 3 is 1.92 bits per heavy atom. The number of rotatable bonds is 3. The topological polar surface area (TPSA) is 0 Å². The third-order valence-electron chi connectivity index (χ3n) is 3.85. The molecular weight excluding hydrogens is 144 g/mol. The Hall–Kier alpha value is -0.520. The molecule has 0 fully saturated rings. The van der Waals surface area contributed by atoms with Crippen molar-refractivity contribution in [1.82, 2.24) is 0 Å². The summed E-state index contributed by atoms with van der Waals surface area (Å²) in [5.74, 6) is 0. The summed E-state index contributed by atoms with van der Waals surface area (Å²) in [6, 6.07) is 0. The highest BCUT2D eigenvalue weighted by Crippen LogP contribution is 2.48. The van der Waals surface area contributed by atoms with E-state index in [0.29, 0.717) is 10.8 Å². The largest absolute Gasteiger partial charge is 0.0648 e. The van der Waals surface area contributed by atoms with Gasteiger partial charge in [0, 0.05) is 0 Å². The quantitative estimate of drug-likeness (QED) is 0.592. The Kier molecular flexibility index (Phi) is 2.20. The van der Waals surface area contributed by atoms with E-state index >= 15 is 0 Å². The van der Waals surface area contributed by atoms with Crippen molar-refractivity contribution >= 4 is 0 Å². The minimum Gasteiger partial charge on any atom is -0.0648 e. The lowest BCUT2D eigenvalue weighted by atomic mass is 9.61. The van der Waals surface area contributed by atoms with Crippen LogP contribution in [0.25, 0.3) is 0 Å². The van der Waals surface area contributed by atoms with Crippen LogP contribution in [0.4, 0.5) is 0 Å². The molecule has 1 rings (SSSR count). The first kappa shape index (κ1) is 9.57. The third kappa shape index (κ3) is 1.24. The van der Waals surface area contributed by atoms with E-state index in [1.54, 1.807) is 0 Å². The zero-order chi connectivity index (χ0) is 9.41. The van der Waals surface area contributed by atoms with Crippen LogP contribution in [0, 0.1) is 10.8 Å². The summed E-state index contributed by atoms with van der Waals surface area (Å²) >= 11 is 0. The van der Waals surface area contributed by atoms with Crippen molar-refractivity contribution in [3.8, 4) is 0 Å². The van der Waals surface area contributed by atoms with Gasteiger partial charge in [-0.25, -0.2) is 0 Å². The maximum atomic E-state index is 2.35. The molecule has 0 amide bonds. The first-order valence-electron chi connectivity index (χ1n) is 4.80. The van der Waals surface area contributed by atoms with Crippen LogP contribution in [0.3, 0.4) is 0 Å². The molecule has 0 saturated heterocycles. The molecule has 0 unspecified atom stereocenters. The third-order valence-corrected chi connectivity index (χ3v) is 3.85. The molecule has 0 N–H and O–H groups in total. The van der Waals surface area contributed by atoms with Gasteiger partial charge in [0.15, 0.2) is 0 Å². The van der Waals surface area contributed by atoms with Crippen molar-refractivity contribution in [2.24, 2.45) is 10.8 Å². The molecule has 1 aliphatic rings. The van der Waals surface area contributed by atoms with Crippen LogP contribution in [0.15, 0.2) is 23.8 Å². The van der Waals surface area contributed by atoms with E-state index in [0.717, 1.165) is 0 Å². The van der Waals surface area contributed by atoms with Gasteiger partial charge in [-0.05, 0) is 16.4 Å². The molecule has 0 radical (unpaired) electrons. The Morgan fingerprint density at radius 2 is 1.67 bits per heavy atom. The van der Waals surface area contributed by atoms with E-state index in [1.807, 2.05) is 0 Å². The molecule has 0 aliphatic heterocycles. The predicted molar refractivity (Wildman–Crippen MR) is 55.1 cm³/mol. The van der Waals surface area contributed by atoms with Crippen LogP contribution in [-0.4, -0.2) is 0 Å². The Balaban J connectivity index is 2.83. The summed E-state index contributed by atoms with van der Waals surface area (Å²) in [5.41, 5.74) is 2.20. The van der Waals surface area contributed by atoms with E-state index in [2.05, 4.69) is 52.8 Å². The second kappa shape index (κ2) is 2.76. The molecule has 0 bridgehead atoms. The first-order valence-corrected chi connectivity index (χ1v) is 4.80. The average Bonchev–Trinajstić information content (AvgIpc) is 1.82. The zero-order valence-electron chi connectivity index (χ0n) is 8.94. The molecule has 0 spiro atoms. The molecule has 0 heteroatoms. The van der Waals surface area contributed by atoms with Crippen molar-refractivity contribution in [3.63, 3.8) is 0 Å². The highest BCUT2D eigenvalue weighted by atomic mass is 14.4. The fourth-order valence-electron chi connectivity index (χ4n) is 1.44. The predicted octanol–water partition coefficient (Wildman–Crippen LogP) is 3.95. The van der Waals surface area contributed by atoms with Crippen molar-refractivity contribution in [3.05, 3.63) is 23.8 Å². The van der Waals surface area contributed by atoms with E-state index in [9.17, 15) is 0 Å². The number of hydrogen-bond acceptors (Lipinski definition) is 0. The van der Waals surface area contributed by atoms with Crippen molar-refractivity contribution in [2.75, 3.05) is 0 Å². The average molecular weight is 164 g/mol. The van der Waals surface area contributed by atoms with Crippen LogP contribution in [0.1, 0.15) is 41.0 Å². The van der Waals surface area contributed by atoms with Crippen LogP contribution >= 0.6 is 0 Å². The summed E-state index contributed by atoms with van der Waals surface area (Å²) in [4.78, 5) is 0. The molecule has 68 valence electrons. The summed E-state index contributed by atoms with van der Waals surface area (Å²) < 4.78 is 0. The van der Waals surface area contributed by atoms with Gasteiger partial charge in [0.1, 0.15) is 0 Å². The summed E-state index contributed by atoms with van der Waals surface area (Å²) in [6.45, 7) is 11.6. The van der Waals surface area contributed by atoms with Gasteiger partial charge in [-0.15, -0.1) is 0 Å². The Morgan fingerprint density at radius 1 is 1.17 bits per heavy atom. The monoisotopic (exact) mass is 164 g/mol. The molecule has 1 aliphatic carbocycles. The van der Waals surface area contributed by atoms with Gasteiger partial charge in [-0.2, -0.15) is 0 Å². The molecule has 0 nitrogen and oxygen atoms in total. The van der Waals surface area contributed by atoms with Crippen molar-refractivity contribution in [1.29, 1.82) is 0 Å². The van der Waals surface area contributed by atoms with E-state index < -0.39 is 0 Å². The second-order valence-electron chi connectivity index (χ2n) is 4.84. The zero-order valence-corrected chi connectivity index (χ0v) is 8.94. The lowest BCUT2D eigenvalue weighted by molar-refractivity contribution is 0.148. The van der Waals surface area contributed by atoms with Gasteiger partial charge in [0.25, 0.3) is 0 Å². The molecule has 0 aromatic rings. The molecule has 0 saturated carbocycles. The SMILES string of the molecule is CCC(C)(C)C(C)(C)C1=CC=C1. The van der Waals surface area contributed by atoms with Gasteiger partial charge >= 0.3 is 0 Å². The first-order chi connectivity index (χ1) is 5.42. The Bertz CT molecular complexity index is 226. The summed E-state index contributed by atoms with van der Waals surface area (Å²) in [5, 5.41) is 0. The lowest BCUT2D eigenvalue weighted by Gasteiger charge is -2.43. The molecule has 0 atom stereocenters. The summed E-state index contributed by atoms with van der Waals surface area (Å²) in [7, 11) is 0. The number of allylic oxidation sites excluding steroid dienone is 4. The fourth-order valence-corrected chi connectivity index (χ4v) is 1.44. The molecule has 0 aromatic carbocycles. The standard InChI is InChI=1S/C12H20/c1-6-11(2,3)12(4,5)10-8-7-9-10/h7-9H,6H2,1-5H3. The van der Waals surface area contributed by atoms with Crippen molar-refractivity contribution < 1.29 is 0 Å². The maximum Gasteiger partial charge on any atom is -0.00525 e. The van der Waals surface area contributed by atoms with Gasteiger partial charge in [0.05, 0.1) is 0 Å². The van der Waals surface area contributed by atoms with Crippen LogP contribution in [0.2, 0.25) is 0 Å². The lowest BCUT2D eigenvalue weighted by Crippen LogP contribution is -2.34.